The van der Waals surface area contributed by atoms with E-state index in [0.29, 0.717) is 23.5 Å². The Morgan fingerprint density at radius 2 is 2.21 bits per heavy atom. The summed E-state index contributed by atoms with van der Waals surface area (Å²) in [5.74, 6) is 2.97. The van der Waals surface area contributed by atoms with Crippen LogP contribution in [0.25, 0.3) is 6.08 Å². The minimum atomic E-state index is -0.197. The highest BCUT2D eigenvalue weighted by molar-refractivity contribution is 6.05. The summed E-state index contributed by atoms with van der Waals surface area (Å²) in [7, 11) is 1.74. The van der Waals surface area contributed by atoms with E-state index < -0.39 is 0 Å². The molecule has 2 aromatic rings. The van der Waals surface area contributed by atoms with Crippen molar-refractivity contribution < 1.29 is 9.53 Å². The van der Waals surface area contributed by atoms with Crippen LogP contribution in [0.15, 0.2) is 36.2 Å². The lowest BCUT2D eigenvalue weighted by molar-refractivity contribution is -0.127. The number of aromatic nitrogens is 2. The minimum Gasteiger partial charge on any atom is -0.497 e. The molecule has 29 heavy (non-hydrogen) atoms. The van der Waals surface area contributed by atoms with Crippen LogP contribution in [-0.4, -0.2) is 22.7 Å². The first kappa shape index (κ1) is 18.7. The van der Waals surface area contributed by atoms with Gasteiger partial charge in [-0.15, -0.1) is 0 Å². The van der Waals surface area contributed by atoms with Gasteiger partial charge in [-0.2, -0.15) is 5.10 Å². The number of hydrogen-bond acceptors (Lipinski definition) is 3. The van der Waals surface area contributed by atoms with Gasteiger partial charge in [0.25, 0.3) is 0 Å². The van der Waals surface area contributed by atoms with E-state index in [9.17, 15) is 4.79 Å². The molecule has 1 heterocycles. The lowest BCUT2D eigenvalue weighted by atomic mass is 9.55. The van der Waals surface area contributed by atoms with Crippen LogP contribution < -0.4 is 4.74 Å². The highest BCUT2D eigenvalue weighted by atomic mass is 16.5. The van der Waals surface area contributed by atoms with Gasteiger partial charge >= 0.3 is 0 Å². The van der Waals surface area contributed by atoms with Crippen LogP contribution in [0.4, 0.5) is 0 Å². The standard InChI is InChI=1S/C25H30N2O2/c1-4-27-15-16(14-26-27)11-18-13-23-22-7-5-17-12-19(29-3)6-8-20(17)21(22)9-10-25(23,2)24(18)28/h6,8,11-12,14-15,21-23H,4-5,7,9-10,13H2,1-3H3/b18-11+. The largest absolute Gasteiger partial charge is 0.497 e. The molecule has 1 aromatic carbocycles. The van der Waals surface area contributed by atoms with E-state index in [4.69, 9.17) is 4.74 Å². The van der Waals surface area contributed by atoms with Gasteiger partial charge in [0, 0.05) is 23.7 Å². The van der Waals surface area contributed by atoms with E-state index >= 15 is 0 Å². The number of aryl methyl sites for hydroxylation is 2. The van der Waals surface area contributed by atoms with E-state index in [1.807, 2.05) is 17.1 Å². The molecule has 0 spiro atoms. The predicted molar refractivity (Wildman–Crippen MR) is 114 cm³/mol. The lowest BCUT2D eigenvalue weighted by Gasteiger charge is -2.48. The van der Waals surface area contributed by atoms with E-state index in [0.717, 1.165) is 49.1 Å². The zero-order valence-electron chi connectivity index (χ0n) is 17.6. The number of methoxy groups -OCH3 is 1. The third kappa shape index (κ3) is 2.87. The van der Waals surface area contributed by atoms with Gasteiger partial charge in [-0.05, 0) is 91.7 Å². The summed E-state index contributed by atoms with van der Waals surface area (Å²) in [6, 6.07) is 6.60. The first-order valence-electron chi connectivity index (χ1n) is 11.0. The zero-order chi connectivity index (χ0) is 20.2. The molecule has 2 saturated carbocycles. The molecule has 5 rings (SSSR count). The van der Waals surface area contributed by atoms with Gasteiger partial charge in [0.2, 0.25) is 0 Å². The Kier molecular flexibility index (Phi) is 4.41. The average Bonchev–Trinajstić information content (AvgIpc) is 3.30. The number of carbonyl (C=O) groups excluding carboxylic acids is 1. The topological polar surface area (TPSA) is 44.1 Å². The summed E-state index contributed by atoms with van der Waals surface area (Å²) in [5, 5.41) is 4.37. The van der Waals surface area contributed by atoms with Gasteiger partial charge in [-0.3, -0.25) is 9.48 Å². The van der Waals surface area contributed by atoms with Gasteiger partial charge in [0.15, 0.2) is 5.78 Å². The number of allylic oxidation sites excluding steroid dienone is 1. The average molecular weight is 391 g/mol. The van der Waals surface area contributed by atoms with Crippen LogP contribution in [0, 0.1) is 17.3 Å². The molecule has 2 fully saturated rings. The fraction of sp³-hybridized carbons (Fsp3) is 0.520. The number of nitrogens with zero attached hydrogens (tertiary/aromatic N) is 2. The number of hydrogen-bond donors (Lipinski definition) is 0. The Hall–Kier alpha value is -2.36. The van der Waals surface area contributed by atoms with E-state index in [1.54, 1.807) is 7.11 Å². The van der Waals surface area contributed by atoms with Crippen LogP contribution >= 0.6 is 0 Å². The lowest BCUT2D eigenvalue weighted by Crippen LogP contribution is -2.42. The molecule has 3 aliphatic rings. The van der Waals surface area contributed by atoms with Crippen molar-refractivity contribution in [2.75, 3.05) is 7.11 Å². The summed E-state index contributed by atoms with van der Waals surface area (Å²) < 4.78 is 7.36. The van der Waals surface area contributed by atoms with Gasteiger partial charge in [-0.1, -0.05) is 13.0 Å². The van der Waals surface area contributed by atoms with Crippen molar-refractivity contribution in [2.24, 2.45) is 17.3 Å². The van der Waals surface area contributed by atoms with Crippen LogP contribution in [0.5, 0.6) is 5.75 Å². The zero-order valence-corrected chi connectivity index (χ0v) is 17.6. The van der Waals surface area contributed by atoms with Crippen LogP contribution in [-0.2, 0) is 17.8 Å². The molecule has 4 heteroatoms. The summed E-state index contributed by atoms with van der Waals surface area (Å²) >= 11 is 0. The normalized spacial score (nSPS) is 32.0. The van der Waals surface area contributed by atoms with Crippen LogP contribution in [0.1, 0.15) is 62.1 Å². The molecule has 3 aliphatic carbocycles. The molecule has 152 valence electrons. The number of Topliss-reactive ketones (excluding diaryl/α,β-unsaturated/α-hetero) is 1. The highest BCUT2D eigenvalue weighted by Gasteiger charge is 2.56. The molecule has 4 nitrogen and oxygen atoms in total. The SMILES string of the molecule is CCn1cc(/C=C2\CC3C4CCc5cc(OC)ccc5C4CCC3(C)C2=O)cn1. The van der Waals surface area contributed by atoms with Gasteiger partial charge in [-0.25, -0.2) is 0 Å². The van der Waals surface area contributed by atoms with Crippen molar-refractivity contribution in [3.63, 3.8) is 0 Å². The highest BCUT2D eigenvalue weighted by Crippen LogP contribution is 2.60. The monoisotopic (exact) mass is 390 g/mol. The van der Waals surface area contributed by atoms with Crippen molar-refractivity contribution >= 4 is 11.9 Å². The number of ether oxygens (including phenoxy) is 1. The molecule has 0 amide bonds. The summed E-state index contributed by atoms with van der Waals surface area (Å²) in [6.45, 7) is 5.17. The molecule has 0 aliphatic heterocycles. The van der Waals surface area contributed by atoms with Crippen molar-refractivity contribution in [2.45, 2.75) is 58.4 Å². The van der Waals surface area contributed by atoms with Crippen LogP contribution in [0.2, 0.25) is 0 Å². The maximum Gasteiger partial charge on any atom is 0.165 e. The molecule has 4 unspecified atom stereocenters. The molecular weight excluding hydrogens is 360 g/mol. The molecular formula is C25H30N2O2. The van der Waals surface area contributed by atoms with Crippen LogP contribution in [0.3, 0.4) is 0 Å². The maximum atomic E-state index is 13.4. The summed E-state index contributed by atoms with van der Waals surface area (Å²) in [5.41, 5.74) is 4.81. The number of benzene rings is 1. The number of ketones is 1. The molecule has 0 saturated heterocycles. The van der Waals surface area contributed by atoms with Crippen molar-refractivity contribution in [1.82, 2.24) is 9.78 Å². The summed E-state index contributed by atoms with van der Waals surface area (Å²) in [6.07, 6.45) is 11.3. The Bertz CT molecular complexity index is 988. The molecule has 0 bridgehead atoms. The third-order valence-corrected chi connectivity index (χ3v) is 7.89. The maximum absolute atomic E-state index is 13.4. The molecule has 0 N–H and O–H groups in total. The first-order valence-corrected chi connectivity index (χ1v) is 11.0. The van der Waals surface area contributed by atoms with Gasteiger partial charge < -0.3 is 4.74 Å². The van der Waals surface area contributed by atoms with E-state index in [-0.39, 0.29) is 5.41 Å². The fourth-order valence-corrected chi connectivity index (χ4v) is 6.31. The Balaban J connectivity index is 1.46. The third-order valence-electron chi connectivity index (χ3n) is 7.89. The van der Waals surface area contributed by atoms with Crippen molar-refractivity contribution in [3.05, 3.63) is 52.9 Å². The van der Waals surface area contributed by atoms with E-state index in [1.165, 1.54) is 17.5 Å². The molecule has 4 atom stereocenters. The number of carbonyl (C=O) groups is 1. The Morgan fingerprint density at radius 1 is 1.34 bits per heavy atom. The Labute approximate surface area is 173 Å². The van der Waals surface area contributed by atoms with Gasteiger partial charge in [0.1, 0.15) is 5.75 Å². The first-order chi connectivity index (χ1) is 14.0. The smallest absolute Gasteiger partial charge is 0.165 e. The van der Waals surface area contributed by atoms with E-state index in [2.05, 4.69) is 43.2 Å². The summed E-state index contributed by atoms with van der Waals surface area (Å²) in [4.78, 5) is 13.4. The molecule has 0 radical (unpaired) electrons. The van der Waals surface area contributed by atoms with Crippen molar-refractivity contribution in [3.8, 4) is 5.75 Å². The molecule has 1 aromatic heterocycles. The second kappa shape index (κ2) is 6.86. The predicted octanol–water partition coefficient (Wildman–Crippen LogP) is 5.03. The van der Waals surface area contributed by atoms with Crippen molar-refractivity contribution in [1.29, 1.82) is 0 Å². The Morgan fingerprint density at radius 3 is 2.97 bits per heavy atom. The second-order valence-electron chi connectivity index (χ2n) is 9.27. The second-order valence-corrected chi connectivity index (χ2v) is 9.27. The quantitative estimate of drug-likeness (QED) is 0.691. The number of fused-ring (bicyclic) bond motifs is 5. The fourth-order valence-electron chi connectivity index (χ4n) is 6.31. The minimum absolute atomic E-state index is 0.197. The van der Waals surface area contributed by atoms with Gasteiger partial charge in [0.05, 0.1) is 13.3 Å². The number of rotatable bonds is 3.